The van der Waals surface area contributed by atoms with E-state index in [4.69, 9.17) is 0 Å². The smallest absolute Gasteiger partial charge is 0.146 e. The van der Waals surface area contributed by atoms with Crippen LogP contribution in [0.15, 0.2) is 36.5 Å². The zero-order valence-electron chi connectivity index (χ0n) is 10.9. The summed E-state index contributed by atoms with van der Waals surface area (Å²) in [5, 5.41) is 3.27. The molecule has 2 aromatic heterocycles. The van der Waals surface area contributed by atoms with Crippen molar-refractivity contribution in [3.05, 3.63) is 53.6 Å². The Labute approximate surface area is 120 Å². The quantitative estimate of drug-likeness (QED) is 0.801. The minimum atomic E-state index is -0.286. The minimum Gasteiger partial charge on any atom is -0.305 e. The van der Waals surface area contributed by atoms with E-state index in [1.165, 1.54) is 17.8 Å². The highest BCUT2D eigenvalue weighted by atomic mass is 32.1. The predicted molar refractivity (Wildman–Crippen MR) is 76.9 cm³/mol. The molecule has 3 aromatic rings. The summed E-state index contributed by atoms with van der Waals surface area (Å²) in [5.74, 6) is -0.286. The van der Waals surface area contributed by atoms with Crippen LogP contribution in [-0.4, -0.2) is 13.7 Å². The molecule has 20 heavy (non-hydrogen) atoms. The first-order valence-corrected chi connectivity index (χ1v) is 7.02. The maximum absolute atomic E-state index is 13.6. The summed E-state index contributed by atoms with van der Waals surface area (Å²) in [4.78, 5) is 4.07. The number of halogens is 1. The van der Waals surface area contributed by atoms with Gasteiger partial charge < -0.3 is 5.32 Å². The van der Waals surface area contributed by atoms with Crippen LogP contribution in [0, 0.1) is 5.82 Å². The van der Waals surface area contributed by atoms with Crippen molar-refractivity contribution in [2.75, 3.05) is 0 Å². The Balaban J connectivity index is 1.71. The van der Waals surface area contributed by atoms with Gasteiger partial charge in [0.1, 0.15) is 16.9 Å². The van der Waals surface area contributed by atoms with Crippen molar-refractivity contribution < 1.29 is 4.39 Å². The number of fused-ring (bicyclic) bond motifs is 1. The Hall–Kier alpha value is -1.92. The fourth-order valence-corrected chi connectivity index (χ4v) is 2.54. The molecule has 1 N–H and O–H groups in total. The van der Waals surface area contributed by atoms with E-state index in [0.29, 0.717) is 12.2 Å². The topological polar surface area (TPSA) is 50.7 Å². The van der Waals surface area contributed by atoms with Gasteiger partial charge in [0, 0.05) is 18.8 Å². The first kappa shape index (κ1) is 13.1. The third-order valence-corrected chi connectivity index (χ3v) is 3.68. The van der Waals surface area contributed by atoms with Gasteiger partial charge in [0.15, 0.2) is 0 Å². The molecule has 0 aliphatic carbocycles. The molecule has 6 heteroatoms. The van der Waals surface area contributed by atoms with Gasteiger partial charge in [-0.2, -0.15) is 8.75 Å². The molecule has 0 fully saturated rings. The lowest BCUT2D eigenvalue weighted by Gasteiger charge is -2.13. The standard InChI is InChI=1S/C14H13FN4S/c1-9(14-11(15)3-2-6-16-14)17-8-10-4-5-12-13(7-10)19-20-18-12/h2-7,9,17H,8H2,1H3. The van der Waals surface area contributed by atoms with E-state index in [1.54, 1.807) is 12.3 Å². The zero-order chi connectivity index (χ0) is 13.9. The van der Waals surface area contributed by atoms with Gasteiger partial charge in [-0.3, -0.25) is 4.98 Å². The lowest BCUT2D eigenvalue weighted by atomic mass is 10.1. The number of nitrogens with one attached hydrogen (secondary N) is 1. The molecule has 1 aromatic carbocycles. The van der Waals surface area contributed by atoms with Crippen molar-refractivity contribution in [2.24, 2.45) is 0 Å². The molecular weight excluding hydrogens is 275 g/mol. The fourth-order valence-electron chi connectivity index (χ4n) is 2.02. The SMILES string of the molecule is CC(NCc1ccc2nsnc2c1)c1ncccc1F. The molecule has 3 rings (SSSR count). The van der Waals surface area contributed by atoms with Gasteiger partial charge in [-0.1, -0.05) is 6.07 Å². The Bertz CT molecular complexity index is 728. The number of rotatable bonds is 4. The average molecular weight is 288 g/mol. The van der Waals surface area contributed by atoms with E-state index >= 15 is 0 Å². The maximum atomic E-state index is 13.6. The molecule has 0 radical (unpaired) electrons. The van der Waals surface area contributed by atoms with Crippen LogP contribution in [0.4, 0.5) is 4.39 Å². The Morgan fingerprint density at radius 2 is 2.10 bits per heavy atom. The van der Waals surface area contributed by atoms with Crippen LogP contribution >= 0.6 is 11.7 Å². The number of benzene rings is 1. The van der Waals surface area contributed by atoms with Crippen LogP contribution in [0.5, 0.6) is 0 Å². The van der Waals surface area contributed by atoms with Crippen molar-refractivity contribution >= 4 is 22.8 Å². The maximum Gasteiger partial charge on any atom is 0.146 e. The van der Waals surface area contributed by atoms with Crippen LogP contribution in [0.25, 0.3) is 11.0 Å². The molecular formula is C14H13FN4S. The summed E-state index contributed by atoms with van der Waals surface area (Å²) in [7, 11) is 0. The van der Waals surface area contributed by atoms with Crippen LogP contribution in [0.3, 0.4) is 0 Å². The summed E-state index contributed by atoms with van der Waals surface area (Å²) in [5.41, 5.74) is 3.32. The van der Waals surface area contributed by atoms with E-state index in [1.807, 2.05) is 25.1 Å². The van der Waals surface area contributed by atoms with E-state index in [0.717, 1.165) is 16.6 Å². The van der Waals surface area contributed by atoms with E-state index in [2.05, 4.69) is 19.0 Å². The van der Waals surface area contributed by atoms with Gasteiger partial charge in [0.2, 0.25) is 0 Å². The second kappa shape index (κ2) is 5.60. The molecule has 2 heterocycles. The molecule has 0 saturated carbocycles. The minimum absolute atomic E-state index is 0.152. The molecule has 102 valence electrons. The molecule has 0 amide bonds. The summed E-state index contributed by atoms with van der Waals surface area (Å²) in [6, 6.07) is 8.80. The zero-order valence-corrected chi connectivity index (χ0v) is 11.7. The van der Waals surface area contributed by atoms with Crippen molar-refractivity contribution in [3.8, 4) is 0 Å². The number of pyridine rings is 1. The summed E-state index contributed by atoms with van der Waals surface area (Å²) >= 11 is 1.20. The average Bonchev–Trinajstić information content (AvgIpc) is 2.92. The second-order valence-corrected chi connectivity index (χ2v) is 5.09. The first-order valence-electron chi connectivity index (χ1n) is 6.29. The van der Waals surface area contributed by atoms with Crippen molar-refractivity contribution in [1.82, 2.24) is 19.0 Å². The highest BCUT2D eigenvalue weighted by Crippen LogP contribution is 2.16. The number of hydrogen-bond acceptors (Lipinski definition) is 5. The molecule has 1 unspecified atom stereocenters. The Morgan fingerprint density at radius 3 is 2.95 bits per heavy atom. The summed E-state index contributed by atoms with van der Waals surface area (Å²) in [6.45, 7) is 2.53. The predicted octanol–water partition coefficient (Wildman–Crippen LogP) is 3.08. The van der Waals surface area contributed by atoms with Gasteiger partial charge in [-0.25, -0.2) is 4.39 Å². The molecule has 0 aliphatic heterocycles. The normalized spacial score (nSPS) is 12.7. The van der Waals surface area contributed by atoms with Crippen molar-refractivity contribution in [1.29, 1.82) is 0 Å². The van der Waals surface area contributed by atoms with Crippen LogP contribution < -0.4 is 5.32 Å². The lowest BCUT2D eigenvalue weighted by Crippen LogP contribution is -2.20. The largest absolute Gasteiger partial charge is 0.305 e. The first-order chi connectivity index (χ1) is 9.74. The van der Waals surface area contributed by atoms with Gasteiger partial charge in [-0.15, -0.1) is 0 Å². The molecule has 0 aliphatic rings. The fraction of sp³-hybridized carbons (Fsp3) is 0.214. The van der Waals surface area contributed by atoms with E-state index in [-0.39, 0.29) is 11.9 Å². The van der Waals surface area contributed by atoms with Crippen molar-refractivity contribution in [3.63, 3.8) is 0 Å². The van der Waals surface area contributed by atoms with Gasteiger partial charge >= 0.3 is 0 Å². The van der Waals surface area contributed by atoms with Crippen LogP contribution in [0.2, 0.25) is 0 Å². The molecule has 1 atom stereocenters. The number of hydrogen-bond donors (Lipinski definition) is 1. The molecule has 0 bridgehead atoms. The van der Waals surface area contributed by atoms with E-state index < -0.39 is 0 Å². The third-order valence-electron chi connectivity index (χ3n) is 3.13. The van der Waals surface area contributed by atoms with Gasteiger partial charge in [-0.05, 0) is 36.8 Å². The Morgan fingerprint density at radius 1 is 1.25 bits per heavy atom. The highest BCUT2D eigenvalue weighted by molar-refractivity contribution is 7.00. The summed E-state index contributed by atoms with van der Waals surface area (Å²) < 4.78 is 22.0. The molecule has 0 spiro atoms. The lowest BCUT2D eigenvalue weighted by molar-refractivity contribution is 0.512. The van der Waals surface area contributed by atoms with Crippen LogP contribution in [-0.2, 0) is 6.54 Å². The van der Waals surface area contributed by atoms with E-state index in [9.17, 15) is 4.39 Å². The van der Waals surface area contributed by atoms with Crippen LogP contribution in [0.1, 0.15) is 24.2 Å². The van der Waals surface area contributed by atoms with Gasteiger partial charge in [0.05, 0.1) is 17.4 Å². The Kier molecular flexibility index (Phi) is 3.66. The highest BCUT2D eigenvalue weighted by Gasteiger charge is 2.11. The number of aromatic nitrogens is 3. The monoisotopic (exact) mass is 288 g/mol. The summed E-state index contributed by atoms with van der Waals surface area (Å²) in [6.07, 6.45) is 1.60. The second-order valence-electron chi connectivity index (χ2n) is 4.56. The third kappa shape index (κ3) is 2.66. The van der Waals surface area contributed by atoms with Gasteiger partial charge in [0.25, 0.3) is 0 Å². The van der Waals surface area contributed by atoms with Crippen molar-refractivity contribution in [2.45, 2.75) is 19.5 Å². The molecule has 0 saturated heterocycles. The number of nitrogens with zero attached hydrogens (tertiary/aromatic N) is 3. The molecule has 4 nitrogen and oxygen atoms in total.